The quantitative estimate of drug-likeness (QED) is 0.750. The third kappa shape index (κ3) is 3.10. The van der Waals surface area contributed by atoms with Crippen molar-refractivity contribution in [2.75, 3.05) is 14.2 Å². The standard InChI is InChI=1S/C15H17Br2NO2/c1-4-12(18-2)14-6-5-13(20-14)9-7-15(19-3)11(17)8-10(9)16/h5-8,12,18H,4H2,1-3H3. The van der Waals surface area contributed by atoms with Gasteiger partial charge in [0.1, 0.15) is 17.3 Å². The van der Waals surface area contributed by atoms with E-state index in [2.05, 4.69) is 44.1 Å². The summed E-state index contributed by atoms with van der Waals surface area (Å²) in [5, 5.41) is 3.24. The second-order valence-electron chi connectivity index (χ2n) is 4.42. The molecule has 1 N–H and O–H groups in total. The minimum Gasteiger partial charge on any atom is -0.496 e. The lowest BCUT2D eigenvalue weighted by Gasteiger charge is -2.11. The van der Waals surface area contributed by atoms with E-state index in [1.54, 1.807) is 7.11 Å². The highest BCUT2D eigenvalue weighted by Gasteiger charge is 2.15. The van der Waals surface area contributed by atoms with Gasteiger partial charge >= 0.3 is 0 Å². The van der Waals surface area contributed by atoms with Gasteiger partial charge in [-0.15, -0.1) is 0 Å². The topological polar surface area (TPSA) is 34.4 Å². The summed E-state index contributed by atoms with van der Waals surface area (Å²) in [6, 6.07) is 8.16. The van der Waals surface area contributed by atoms with Crippen LogP contribution in [0.1, 0.15) is 25.1 Å². The molecule has 0 aliphatic heterocycles. The maximum Gasteiger partial charge on any atom is 0.135 e. The molecule has 1 aromatic heterocycles. The molecule has 1 aromatic carbocycles. The highest BCUT2D eigenvalue weighted by Crippen LogP contribution is 2.38. The zero-order valence-corrected chi connectivity index (χ0v) is 14.8. The summed E-state index contributed by atoms with van der Waals surface area (Å²) < 4.78 is 13.2. The molecule has 0 aliphatic rings. The van der Waals surface area contributed by atoms with Gasteiger partial charge in [0.05, 0.1) is 17.6 Å². The van der Waals surface area contributed by atoms with Gasteiger partial charge in [-0.25, -0.2) is 0 Å². The Morgan fingerprint density at radius 2 is 2.00 bits per heavy atom. The van der Waals surface area contributed by atoms with E-state index in [9.17, 15) is 0 Å². The highest BCUT2D eigenvalue weighted by atomic mass is 79.9. The summed E-state index contributed by atoms with van der Waals surface area (Å²) in [7, 11) is 3.59. The highest BCUT2D eigenvalue weighted by molar-refractivity contribution is 9.11. The number of halogens is 2. The summed E-state index contributed by atoms with van der Waals surface area (Å²) in [6.07, 6.45) is 0.980. The van der Waals surface area contributed by atoms with Gasteiger partial charge in [-0.2, -0.15) is 0 Å². The van der Waals surface area contributed by atoms with E-state index in [-0.39, 0.29) is 6.04 Å². The molecule has 2 aromatic rings. The first-order valence-corrected chi connectivity index (χ1v) is 7.99. The summed E-state index contributed by atoms with van der Waals surface area (Å²) in [4.78, 5) is 0. The van der Waals surface area contributed by atoms with Crippen LogP contribution in [-0.2, 0) is 0 Å². The fourth-order valence-electron chi connectivity index (χ4n) is 2.11. The van der Waals surface area contributed by atoms with Crippen LogP contribution in [0.5, 0.6) is 5.75 Å². The van der Waals surface area contributed by atoms with Crippen molar-refractivity contribution < 1.29 is 9.15 Å². The molecule has 1 unspecified atom stereocenters. The predicted octanol–water partition coefficient (Wildman–Crippen LogP) is 5.15. The Balaban J connectivity index is 2.42. The summed E-state index contributed by atoms with van der Waals surface area (Å²) in [5.41, 5.74) is 0.974. The maximum absolute atomic E-state index is 5.97. The SMILES string of the molecule is CCC(NC)c1ccc(-c2cc(OC)c(Br)cc2Br)o1. The lowest BCUT2D eigenvalue weighted by Crippen LogP contribution is -2.14. The van der Waals surface area contributed by atoms with E-state index in [1.165, 1.54) is 0 Å². The van der Waals surface area contributed by atoms with Crippen LogP contribution >= 0.6 is 31.9 Å². The third-order valence-electron chi connectivity index (χ3n) is 3.23. The smallest absolute Gasteiger partial charge is 0.135 e. The molecule has 0 spiro atoms. The molecule has 5 heteroatoms. The summed E-state index contributed by atoms with van der Waals surface area (Å²) in [5.74, 6) is 2.55. The van der Waals surface area contributed by atoms with Crippen LogP contribution in [-0.4, -0.2) is 14.2 Å². The molecule has 0 amide bonds. The number of methoxy groups -OCH3 is 1. The average Bonchev–Trinajstić information content (AvgIpc) is 2.90. The lowest BCUT2D eigenvalue weighted by molar-refractivity contribution is 0.411. The van der Waals surface area contributed by atoms with Gasteiger partial charge in [0.25, 0.3) is 0 Å². The van der Waals surface area contributed by atoms with Gasteiger partial charge in [-0.05, 0) is 69.6 Å². The van der Waals surface area contributed by atoms with Gasteiger partial charge in [-0.3, -0.25) is 0 Å². The first-order valence-electron chi connectivity index (χ1n) is 6.41. The van der Waals surface area contributed by atoms with Crippen molar-refractivity contribution in [2.45, 2.75) is 19.4 Å². The van der Waals surface area contributed by atoms with E-state index in [0.717, 1.165) is 38.2 Å². The van der Waals surface area contributed by atoms with Crippen LogP contribution in [0.2, 0.25) is 0 Å². The van der Waals surface area contributed by atoms with E-state index in [4.69, 9.17) is 9.15 Å². The largest absolute Gasteiger partial charge is 0.496 e. The number of hydrogen-bond acceptors (Lipinski definition) is 3. The minimum absolute atomic E-state index is 0.236. The van der Waals surface area contributed by atoms with Crippen molar-refractivity contribution >= 4 is 31.9 Å². The Morgan fingerprint density at radius 3 is 2.60 bits per heavy atom. The van der Waals surface area contributed by atoms with E-state index in [1.807, 2.05) is 31.3 Å². The molecule has 3 nitrogen and oxygen atoms in total. The van der Waals surface area contributed by atoms with Crippen molar-refractivity contribution in [1.82, 2.24) is 5.32 Å². The molecule has 0 saturated carbocycles. The number of nitrogens with one attached hydrogen (secondary N) is 1. The first-order chi connectivity index (χ1) is 9.60. The van der Waals surface area contributed by atoms with Crippen molar-refractivity contribution in [1.29, 1.82) is 0 Å². The van der Waals surface area contributed by atoms with Crippen LogP contribution in [0, 0.1) is 0 Å². The second-order valence-corrected chi connectivity index (χ2v) is 6.13. The number of ether oxygens (including phenoxy) is 1. The Morgan fingerprint density at radius 1 is 1.25 bits per heavy atom. The van der Waals surface area contributed by atoms with Gasteiger partial charge in [0.2, 0.25) is 0 Å². The molecule has 1 atom stereocenters. The molecule has 0 radical (unpaired) electrons. The molecule has 0 fully saturated rings. The predicted molar refractivity (Wildman–Crippen MR) is 88.2 cm³/mol. The van der Waals surface area contributed by atoms with Crippen molar-refractivity contribution in [3.05, 3.63) is 39.0 Å². The summed E-state index contributed by atoms with van der Waals surface area (Å²) in [6.45, 7) is 2.13. The number of rotatable bonds is 5. The molecule has 0 aliphatic carbocycles. The van der Waals surface area contributed by atoms with Crippen LogP contribution in [0.3, 0.4) is 0 Å². The van der Waals surface area contributed by atoms with Crippen LogP contribution in [0.4, 0.5) is 0 Å². The molecular formula is C15H17Br2NO2. The first kappa shape index (κ1) is 15.6. The van der Waals surface area contributed by atoms with Gasteiger partial charge in [-0.1, -0.05) is 6.92 Å². The maximum atomic E-state index is 5.97. The van der Waals surface area contributed by atoms with Gasteiger partial charge in [0.15, 0.2) is 0 Å². The van der Waals surface area contributed by atoms with Gasteiger partial charge in [0, 0.05) is 10.0 Å². The fraction of sp³-hybridized carbons (Fsp3) is 0.333. The number of benzene rings is 1. The Bertz CT molecular complexity index is 592. The van der Waals surface area contributed by atoms with Crippen LogP contribution < -0.4 is 10.1 Å². The van der Waals surface area contributed by atoms with E-state index in [0.29, 0.717) is 0 Å². The molecular weight excluding hydrogens is 386 g/mol. The zero-order valence-electron chi connectivity index (χ0n) is 11.7. The fourth-order valence-corrected chi connectivity index (χ4v) is 3.46. The second kappa shape index (κ2) is 6.78. The zero-order chi connectivity index (χ0) is 14.7. The molecule has 0 bridgehead atoms. The monoisotopic (exact) mass is 401 g/mol. The minimum atomic E-state index is 0.236. The molecule has 1 heterocycles. The Kier molecular flexibility index (Phi) is 5.29. The van der Waals surface area contributed by atoms with Crippen molar-refractivity contribution in [3.8, 4) is 17.1 Å². The van der Waals surface area contributed by atoms with E-state index >= 15 is 0 Å². The third-order valence-corrected chi connectivity index (χ3v) is 4.51. The normalized spacial score (nSPS) is 12.4. The molecule has 2 rings (SSSR count). The lowest BCUT2D eigenvalue weighted by atomic mass is 10.1. The van der Waals surface area contributed by atoms with Gasteiger partial charge < -0.3 is 14.5 Å². The van der Waals surface area contributed by atoms with Crippen LogP contribution in [0.25, 0.3) is 11.3 Å². The molecule has 0 saturated heterocycles. The molecule has 108 valence electrons. The number of hydrogen-bond donors (Lipinski definition) is 1. The summed E-state index contributed by atoms with van der Waals surface area (Å²) >= 11 is 7.04. The average molecular weight is 403 g/mol. The molecule has 20 heavy (non-hydrogen) atoms. The van der Waals surface area contributed by atoms with Crippen molar-refractivity contribution in [3.63, 3.8) is 0 Å². The Hall–Kier alpha value is -0.780. The van der Waals surface area contributed by atoms with E-state index < -0.39 is 0 Å². The Labute approximate surface area is 136 Å². The van der Waals surface area contributed by atoms with Crippen LogP contribution in [0.15, 0.2) is 37.6 Å². The number of furan rings is 1. The van der Waals surface area contributed by atoms with Crippen molar-refractivity contribution in [2.24, 2.45) is 0 Å².